The fourth-order valence-electron chi connectivity index (χ4n) is 4.62. The first-order valence-electron chi connectivity index (χ1n) is 13.6. The van der Waals surface area contributed by atoms with Crippen LogP contribution in [0.4, 0.5) is 22.9 Å². The molecule has 2 N–H and O–H groups in total. The van der Waals surface area contributed by atoms with Crippen molar-refractivity contribution in [2.75, 3.05) is 10.2 Å². The van der Waals surface area contributed by atoms with Gasteiger partial charge in [-0.05, 0) is 41.5 Å². The van der Waals surface area contributed by atoms with Crippen molar-refractivity contribution < 1.29 is 17.8 Å². The molecular weight excluding hydrogens is 649 g/mol. The fourth-order valence-corrected chi connectivity index (χ4v) is 5.93. The summed E-state index contributed by atoms with van der Waals surface area (Å²) in [6.07, 6.45) is 1.22. The number of hydrogen-bond acceptors (Lipinski definition) is 8. The molecule has 14 heteroatoms. The van der Waals surface area contributed by atoms with Crippen molar-refractivity contribution in [3.63, 3.8) is 0 Å². The Morgan fingerprint density at radius 1 is 0.957 bits per heavy atom. The van der Waals surface area contributed by atoms with Crippen LogP contribution in [0.15, 0.2) is 112 Å². The molecule has 0 spiro atoms. The van der Waals surface area contributed by atoms with Gasteiger partial charge in [0.25, 0.3) is 10.1 Å². The van der Waals surface area contributed by atoms with E-state index in [0.717, 1.165) is 33.6 Å². The predicted molar refractivity (Wildman–Crippen MR) is 176 cm³/mol. The minimum absolute atomic E-state index is 0.0149. The first-order valence-corrected chi connectivity index (χ1v) is 15.8. The SMILES string of the molecule is CC(=O)Nc1cc(N(Cc2ccccc2)Cc2ccccc2)ccc1N=Nc1c(C#N)cnn1-c1c(Cl)cc(S(=O)(=O)O)cc1Cl. The second-order valence-electron chi connectivity index (χ2n) is 10.0. The Balaban J connectivity index is 1.55. The molecule has 1 heterocycles. The highest BCUT2D eigenvalue weighted by molar-refractivity contribution is 7.85. The average molecular weight is 675 g/mol. The Hall–Kier alpha value is -5.06. The van der Waals surface area contributed by atoms with E-state index >= 15 is 0 Å². The van der Waals surface area contributed by atoms with Crippen LogP contribution in [0.25, 0.3) is 5.69 Å². The number of nitriles is 1. The monoisotopic (exact) mass is 673 g/mol. The number of carbonyl (C=O) groups excluding carboxylic acids is 1. The molecule has 0 saturated carbocycles. The van der Waals surface area contributed by atoms with E-state index in [1.807, 2.05) is 72.8 Å². The highest BCUT2D eigenvalue weighted by Crippen LogP contribution is 2.37. The van der Waals surface area contributed by atoms with Crippen molar-refractivity contribution >= 4 is 62.1 Å². The van der Waals surface area contributed by atoms with Gasteiger partial charge in [0.15, 0.2) is 5.82 Å². The second-order valence-corrected chi connectivity index (χ2v) is 12.3. The maximum absolute atomic E-state index is 12.2. The lowest BCUT2D eigenvalue weighted by molar-refractivity contribution is -0.114. The maximum Gasteiger partial charge on any atom is 0.294 e. The molecule has 5 rings (SSSR count). The van der Waals surface area contributed by atoms with Crippen molar-refractivity contribution in [2.24, 2.45) is 10.2 Å². The lowest BCUT2D eigenvalue weighted by Crippen LogP contribution is -2.22. The van der Waals surface area contributed by atoms with E-state index in [2.05, 4.69) is 25.5 Å². The van der Waals surface area contributed by atoms with Gasteiger partial charge in [-0.25, -0.2) is 4.68 Å². The number of anilines is 2. The third-order valence-corrected chi connectivity index (χ3v) is 8.11. The summed E-state index contributed by atoms with van der Waals surface area (Å²) in [5.41, 5.74) is 3.71. The Morgan fingerprint density at radius 3 is 2.07 bits per heavy atom. The van der Waals surface area contributed by atoms with Crippen molar-refractivity contribution in [1.82, 2.24) is 9.78 Å². The van der Waals surface area contributed by atoms with Gasteiger partial charge in [-0.2, -0.15) is 18.8 Å². The van der Waals surface area contributed by atoms with Crippen LogP contribution < -0.4 is 10.2 Å². The summed E-state index contributed by atoms with van der Waals surface area (Å²) in [5, 5.41) is 25.0. The van der Waals surface area contributed by atoms with Crippen molar-refractivity contribution in [1.29, 1.82) is 5.26 Å². The first kappa shape index (κ1) is 32.3. The molecule has 0 aliphatic carbocycles. The van der Waals surface area contributed by atoms with Gasteiger partial charge in [0.05, 0.1) is 26.8 Å². The molecule has 1 aromatic heterocycles. The van der Waals surface area contributed by atoms with E-state index in [-0.39, 0.29) is 38.7 Å². The number of rotatable bonds is 10. The molecule has 5 aromatic rings. The van der Waals surface area contributed by atoms with Crippen LogP contribution in [-0.4, -0.2) is 28.7 Å². The van der Waals surface area contributed by atoms with E-state index in [0.29, 0.717) is 18.8 Å². The molecule has 4 aromatic carbocycles. The molecule has 0 radical (unpaired) electrons. The molecule has 232 valence electrons. The minimum atomic E-state index is -4.59. The summed E-state index contributed by atoms with van der Waals surface area (Å²) in [5.74, 6) is -0.384. The van der Waals surface area contributed by atoms with Gasteiger partial charge in [0.2, 0.25) is 5.91 Å². The minimum Gasteiger partial charge on any atom is -0.363 e. The summed E-state index contributed by atoms with van der Waals surface area (Å²) in [6, 6.07) is 29.3. The number of amides is 1. The molecule has 0 unspecified atom stereocenters. The zero-order valence-corrected chi connectivity index (χ0v) is 26.5. The molecule has 0 saturated heterocycles. The van der Waals surface area contributed by atoms with Gasteiger partial charge >= 0.3 is 0 Å². The molecule has 0 bridgehead atoms. The number of azo groups is 1. The highest BCUT2D eigenvalue weighted by atomic mass is 35.5. The Labute approximate surface area is 275 Å². The largest absolute Gasteiger partial charge is 0.363 e. The number of nitrogens with one attached hydrogen (secondary N) is 1. The van der Waals surface area contributed by atoms with Crippen LogP contribution in [0.2, 0.25) is 10.0 Å². The standard InChI is InChI=1S/C32H25Cl2N7O4S/c1-21(42)37-30-14-25(40(19-22-8-4-2-5-9-22)20-23-10-6-3-7-11-23)12-13-29(30)38-39-32-24(17-35)18-36-41(32)31-27(33)15-26(16-28(31)34)46(43,44)45/h2-16,18H,19-20H2,1H3,(H,37,42)(H,43,44,45). The lowest BCUT2D eigenvalue weighted by Gasteiger charge is -2.26. The van der Waals surface area contributed by atoms with E-state index < -0.39 is 15.0 Å². The van der Waals surface area contributed by atoms with E-state index in [1.54, 1.807) is 12.1 Å². The van der Waals surface area contributed by atoms with Gasteiger partial charge in [0, 0.05) is 25.7 Å². The lowest BCUT2D eigenvalue weighted by atomic mass is 10.1. The van der Waals surface area contributed by atoms with Crippen LogP contribution in [0.3, 0.4) is 0 Å². The smallest absolute Gasteiger partial charge is 0.294 e. The topological polar surface area (TPSA) is 153 Å². The Morgan fingerprint density at radius 2 is 1.54 bits per heavy atom. The van der Waals surface area contributed by atoms with Gasteiger partial charge < -0.3 is 10.2 Å². The normalized spacial score (nSPS) is 11.4. The van der Waals surface area contributed by atoms with Crippen molar-refractivity contribution in [3.05, 3.63) is 124 Å². The Kier molecular flexibility index (Phi) is 9.79. The first-order chi connectivity index (χ1) is 22.0. The zero-order chi connectivity index (χ0) is 32.8. The Bertz CT molecular complexity index is 2020. The highest BCUT2D eigenvalue weighted by Gasteiger charge is 2.22. The van der Waals surface area contributed by atoms with Crippen molar-refractivity contribution in [3.8, 4) is 11.8 Å². The third-order valence-electron chi connectivity index (χ3n) is 6.71. The van der Waals surface area contributed by atoms with Gasteiger partial charge in [-0.15, -0.1) is 10.2 Å². The second kappa shape index (κ2) is 13.9. The van der Waals surface area contributed by atoms with E-state index in [1.165, 1.54) is 13.1 Å². The maximum atomic E-state index is 12.2. The van der Waals surface area contributed by atoms with Crippen LogP contribution in [0, 0.1) is 11.3 Å². The zero-order valence-electron chi connectivity index (χ0n) is 24.2. The number of benzene rings is 4. The fraction of sp³-hybridized carbons (Fsp3) is 0.0938. The quantitative estimate of drug-likeness (QED) is 0.113. The van der Waals surface area contributed by atoms with Crippen LogP contribution in [0.5, 0.6) is 0 Å². The van der Waals surface area contributed by atoms with Crippen LogP contribution in [-0.2, 0) is 28.0 Å². The molecule has 0 atom stereocenters. The summed E-state index contributed by atoms with van der Waals surface area (Å²) >= 11 is 12.7. The summed E-state index contributed by atoms with van der Waals surface area (Å²) in [4.78, 5) is 13.9. The van der Waals surface area contributed by atoms with Gasteiger partial charge in [-0.1, -0.05) is 83.9 Å². The van der Waals surface area contributed by atoms with E-state index in [9.17, 15) is 23.0 Å². The van der Waals surface area contributed by atoms with Gasteiger partial charge in [0.1, 0.15) is 23.0 Å². The number of carbonyl (C=O) groups is 1. The van der Waals surface area contributed by atoms with Gasteiger partial charge in [-0.3, -0.25) is 9.35 Å². The summed E-state index contributed by atoms with van der Waals surface area (Å²) in [6.45, 7) is 2.57. The van der Waals surface area contributed by atoms with E-state index in [4.69, 9.17) is 23.2 Å². The molecule has 0 aliphatic heterocycles. The summed E-state index contributed by atoms with van der Waals surface area (Å²) < 4.78 is 33.8. The van der Waals surface area contributed by atoms with Crippen LogP contribution >= 0.6 is 23.2 Å². The number of hydrogen-bond donors (Lipinski definition) is 2. The molecular formula is C32H25Cl2N7O4S. The summed E-state index contributed by atoms with van der Waals surface area (Å²) in [7, 11) is -4.59. The number of aromatic nitrogens is 2. The molecule has 46 heavy (non-hydrogen) atoms. The number of halogens is 2. The van der Waals surface area contributed by atoms with Crippen molar-refractivity contribution in [2.45, 2.75) is 24.9 Å². The molecule has 11 nitrogen and oxygen atoms in total. The molecule has 0 fully saturated rings. The third kappa shape index (κ3) is 7.59. The molecule has 1 amide bonds. The van der Waals surface area contributed by atoms with Crippen LogP contribution in [0.1, 0.15) is 23.6 Å². The average Bonchev–Trinajstić information content (AvgIpc) is 3.42. The number of nitrogens with zero attached hydrogens (tertiary/aromatic N) is 6. The predicted octanol–water partition coefficient (Wildman–Crippen LogP) is 7.88. The molecule has 0 aliphatic rings.